The van der Waals surface area contributed by atoms with Gasteiger partial charge in [0, 0.05) is 36.8 Å². The van der Waals surface area contributed by atoms with Crippen molar-refractivity contribution in [2.45, 2.75) is 83.1 Å². The van der Waals surface area contributed by atoms with E-state index in [2.05, 4.69) is 0 Å². The van der Waals surface area contributed by atoms with Crippen LogP contribution >= 0.6 is 69.6 Å². The van der Waals surface area contributed by atoms with Crippen molar-refractivity contribution in [3.63, 3.8) is 0 Å². The number of hydrogen-bond donors (Lipinski definition) is 0. The lowest BCUT2D eigenvalue weighted by molar-refractivity contribution is -0.143. The Balaban J connectivity index is 3.75. The summed E-state index contributed by atoms with van der Waals surface area (Å²) in [6.45, 7) is 0.751. The molecule has 0 saturated heterocycles. The molecule has 0 spiro atoms. The van der Waals surface area contributed by atoms with Gasteiger partial charge in [0.1, 0.15) is 0 Å². The van der Waals surface area contributed by atoms with E-state index in [1.165, 1.54) is 0 Å². The summed E-state index contributed by atoms with van der Waals surface area (Å²) in [7, 11) is 0. The molecule has 2 unspecified atom stereocenters. The molecule has 0 aliphatic rings. The second-order valence-corrected chi connectivity index (χ2v) is 10.8. The maximum Gasteiger partial charge on any atom is 0.421 e. The van der Waals surface area contributed by atoms with Crippen molar-refractivity contribution in [1.29, 1.82) is 0 Å². The molecule has 0 saturated carbocycles. The van der Waals surface area contributed by atoms with E-state index in [0.717, 1.165) is 0 Å². The summed E-state index contributed by atoms with van der Waals surface area (Å²) in [5.41, 5.74) is 0. The Hall–Kier alpha value is 1.28. The van der Waals surface area contributed by atoms with Crippen LogP contribution in [-0.4, -0.2) is 45.0 Å². The molecule has 0 bridgehead atoms. The van der Waals surface area contributed by atoms with Gasteiger partial charge in [0.15, 0.2) is 0 Å². The van der Waals surface area contributed by atoms with Crippen LogP contribution in [0.1, 0.15) is 51.4 Å². The van der Waals surface area contributed by atoms with Crippen LogP contribution in [0.15, 0.2) is 0 Å². The Morgan fingerprint density at radius 1 is 0.586 bits per heavy atom. The third-order valence-corrected chi connectivity index (χ3v) is 6.12. The van der Waals surface area contributed by atoms with Crippen LogP contribution in [0.4, 0.5) is 26.3 Å². The molecule has 0 N–H and O–H groups in total. The Morgan fingerprint density at radius 3 is 1.17 bits per heavy atom. The van der Waals surface area contributed by atoms with Gasteiger partial charge in [-0.3, -0.25) is 0 Å². The van der Waals surface area contributed by atoms with Crippen molar-refractivity contribution in [3.8, 4) is 0 Å². The number of unbranched alkanes of at least 4 members (excludes halogenated alkanes) is 2. The van der Waals surface area contributed by atoms with Gasteiger partial charge in [-0.15, -0.1) is 23.2 Å². The van der Waals surface area contributed by atoms with Gasteiger partial charge in [-0.2, -0.15) is 26.3 Å². The molecule has 176 valence electrons. The topological polar surface area (TPSA) is 9.23 Å². The predicted octanol–water partition coefficient (Wildman–Crippen LogP) is 8.81. The summed E-state index contributed by atoms with van der Waals surface area (Å²) in [6, 6.07) is 0. The number of alkyl halides is 12. The molecule has 0 fully saturated rings. The standard InChI is InChI=1S/C16H22Cl6F6O/c17-11(9-13(19,20)15(23,24)25)5-1-3-7-29-8-4-2-6-12(18)10-14(21,22)16(26,27)28/h11-12H,1-10H2. The molecule has 0 aromatic heterocycles. The van der Waals surface area contributed by atoms with Crippen molar-refractivity contribution >= 4 is 69.6 Å². The number of halogens is 12. The minimum absolute atomic E-state index is 0.300. The van der Waals surface area contributed by atoms with Crippen LogP contribution in [0.2, 0.25) is 0 Å². The molecule has 0 rings (SSSR count). The highest BCUT2D eigenvalue weighted by Gasteiger charge is 2.54. The molecule has 0 aromatic carbocycles. The molecule has 29 heavy (non-hydrogen) atoms. The zero-order valence-electron chi connectivity index (χ0n) is 15.2. The Labute approximate surface area is 196 Å². The Morgan fingerprint density at radius 2 is 0.897 bits per heavy atom. The van der Waals surface area contributed by atoms with E-state index < -0.39 is 44.6 Å². The highest BCUT2D eigenvalue weighted by atomic mass is 35.5. The van der Waals surface area contributed by atoms with E-state index in [-0.39, 0.29) is 0 Å². The second kappa shape index (κ2) is 13.1. The summed E-state index contributed by atoms with van der Waals surface area (Å²) in [4.78, 5) is 0. The van der Waals surface area contributed by atoms with E-state index in [9.17, 15) is 26.3 Å². The molecule has 0 radical (unpaired) electrons. The molecular formula is C16H22Cl6F6O. The monoisotopic (exact) mass is 554 g/mol. The quantitative estimate of drug-likeness (QED) is 0.118. The van der Waals surface area contributed by atoms with Crippen LogP contribution in [0.5, 0.6) is 0 Å². The normalized spacial score (nSPS) is 16.1. The summed E-state index contributed by atoms with van der Waals surface area (Å²) in [6.07, 6.45) is -7.90. The fraction of sp³-hybridized carbons (Fsp3) is 1.00. The van der Waals surface area contributed by atoms with Crippen LogP contribution in [0.3, 0.4) is 0 Å². The lowest BCUT2D eigenvalue weighted by Gasteiger charge is -2.25. The molecule has 1 nitrogen and oxygen atoms in total. The zero-order valence-corrected chi connectivity index (χ0v) is 19.7. The van der Waals surface area contributed by atoms with Gasteiger partial charge in [-0.1, -0.05) is 46.4 Å². The van der Waals surface area contributed by atoms with Crippen LogP contribution in [-0.2, 0) is 4.74 Å². The lowest BCUT2D eigenvalue weighted by atomic mass is 10.1. The maximum atomic E-state index is 12.6. The minimum atomic E-state index is -4.75. The zero-order chi connectivity index (χ0) is 22.9. The van der Waals surface area contributed by atoms with Gasteiger partial charge in [-0.05, 0) is 38.5 Å². The third-order valence-electron chi connectivity index (χ3n) is 3.90. The first-order chi connectivity index (χ1) is 13.0. The third kappa shape index (κ3) is 12.8. The van der Waals surface area contributed by atoms with E-state index in [1.54, 1.807) is 0 Å². The van der Waals surface area contributed by atoms with E-state index in [0.29, 0.717) is 51.7 Å². The Bertz CT molecular complexity index is 418. The Kier molecular flexibility index (Phi) is 13.7. The van der Waals surface area contributed by atoms with Gasteiger partial charge in [0.2, 0.25) is 8.67 Å². The van der Waals surface area contributed by atoms with Crippen LogP contribution < -0.4 is 0 Å². The van der Waals surface area contributed by atoms with Crippen molar-refractivity contribution in [1.82, 2.24) is 0 Å². The average molecular weight is 557 g/mol. The van der Waals surface area contributed by atoms with Crippen molar-refractivity contribution < 1.29 is 31.1 Å². The SMILES string of the molecule is FC(F)(F)C(Cl)(Cl)CC(Cl)CCCCOCCCCC(Cl)CC(Cl)(Cl)C(F)(F)F. The highest BCUT2D eigenvalue weighted by Crippen LogP contribution is 2.45. The van der Waals surface area contributed by atoms with E-state index >= 15 is 0 Å². The second-order valence-electron chi connectivity index (χ2n) is 6.61. The van der Waals surface area contributed by atoms with Crippen LogP contribution in [0, 0.1) is 0 Å². The number of hydrogen-bond acceptors (Lipinski definition) is 1. The molecular weight excluding hydrogens is 535 g/mol. The van der Waals surface area contributed by atoms with Crippen molar-refractivity contribution in [3.05, 3.63) is 0 Å². The van der Waals surface area contributed by atoms with Gasteiger partial charge < -0.3 is 4.74 Å². The molecule has 0 aromatic rings. The van der Waals surface area contributed by atoms with Gasteiger partial charge in [0.05, 0.1) is 0 Å². The van der Waals surface area contributed by atoms with Crippen molar-refractivity contribution in [2.24, 2.45) is 0 Å². The molecule has 13 heteroatoms. The van der Waals surface area contributed by atoms with Gasteiger partial charge in [0.25, 0.3) is 0 Å². The average Bonchev–Trinajstić information content (AvgIpc) is 2.50. The van der Waals surface area contributed by atoms with Crippen LogP contribution in [0.25, 0.3) is 0 Å². The largest absolute Gasteiger partial charge is 0.421 e. The summed E-state index contributed by atoms with van der Waals surface area (Å²) >= 11 is 32.7. The first kappa shape index (κ1) is 30.3. The first-order valence-electron chi connectivity index (χ1n) is 8.74. The fourth-order valence-electron chi connectivity index (χ4n) is 2.23. The fourth-order valence-corrected chi connectivity index (χ4v) is 4.07. The lowest BCUT2D eigenvalue weighted by Crippen LogP contribution is -2.36. The smallest absolute Gasteiger partial charge is 0.381 e. The number of ether oxygens (including phenoxy) is 1. The van der Waals surface area contributed by atoms with Gasteiger partial charge in [-0.25, -0.2) is 0 Å². The first-order valence-corrected chi connectivity index (χ1v) is 11.1. The molecule has 0 heterocycles. The molecule has 0 aliphatic carbocycles. The summed E-state index contributed by atoms with van der Waals surface area (Å²) in [5.74, 6) is 0. The molecule has 0 amide bonds. The molecule has 2 atom stereocenters. The van der Waals surface area contributed by atoms with Crippen molar-refractivity contribution in [2.75, 3.05) is 13.2 Å². The van der Waals surface area contributed by atoms with E-state index in [4.69, 9.17) is 74.3 Å². The summed E-state index contributed by atoms with van der Waals surface area (Å²) < 4.78 is 74.9. The van der Waals surface area contributed by atoms with Gasteiger partial charge >= 0.3 is 12.4 Å². The number of rotatable bonds is 14. The minimum Gasteiger partial charge on any atom is -0.381 e. The maximum absolute atomic E-state index is 12.6. The van der Waals surface area contributed by atoms with E-state index in [1.807, 2.05) is 0 Å². The summed E-state index contributed by atoms with van der Waals surface area (Å²) in [5, 5.41) is -1.64. The predicted molar refractivity (Wildman–Crippen MR) is 108 cm³/mol. The molecule has 0 aliphatic heterocycles. The highest BCUT2D eigenvalue weighted by molar-refractivity contribution is 6.49.